The van der Waals surface area contributed by atoms with Crippen LogP contribution in [0.4, 0.5) is 5.82 Å². The lowest BCUT2D eigenvalue weighted by molar-refractivity contribution is 0.0928. The van der Waals surface area contributed by atoms with Crippen molar-refractivity contribution < 1.29 is 0 Å². The highest BCUT2D eigenvalue weighted by Crippen LogP contribution is 2.46. The lowest BCUT2D eigenvalue weighted by atomic mass is 9.62. The molecular weight excluding hydrogens is 428 g/mol. The molecule has 2 unspecified atom stereocenters. The van der Waals surface area contributed by atoms with E-state index >= 15 is 0 Å². The maximum Gasteiger partial charge on any atom is 0.181 e. The van der Waals surface area contributed by atoms with Crippen molar-refractivity contribution in [2.45, 2.75) is 38.6 Å². The molecule has 3 aliphatic carbocycles. The summed E-state index contributed by atoms with van der Waals surface area (Å²) < 4.78 is 0. The number of rotatable bonds is 4. The third-order valence-corrected chi connectivity index (χ3v) is 8.15. The molecule has 3 fully saturated rings. The van der Waals surface area contributed by atoms with E-state index in [0.717, 1.165) is 39.3 Å². The minimum Gasteiger partial charge on any atom is -0.367 e. The van der Waals surface area contributed by atoms with Crippen molar-refractivity contribution in [2.75, 3.05) is 5.32 Å². The Labute approximate surface area is 189 Å². The highest BCUT2D eigenvalue weighted by atomic mass is 35.5. The van der Waals surface area contributed by atoms with Gasteiger partial charge in [-0.3, -0.25) is 5.10 Å². The number of aromatic amines is 1. The van der Waals surface area contributed by atoms with Crippen molar-refractivity contribution in [1.82, 2.24) is 25.1 Å². The van der Waals surface area contributed by atoms with E-state index in [-0.39, 0.29) is 0 Å². The highest BCUT2D eigenvalue weighted by molar-refractivity contribution is 7.13. The highest BCUT2D eigenvalue weighted by Gasteiger charge is 2.41. The largest absolute Gasteiger partial charge is 0.367 e. The molecule has 0 saturated heterocycles. The van der Waals surface area contributed by atoms with Crippen LogP contribution in [0.3, 0.4) is 0 Å². The molecule has 8 heteroatoms. The molecule has 3 aliphatic rings. The van der Waals surface area contributed by atoms with Crippen molar-refractivity contribution in [1.29, 1.82) is 0 Å². The monoisotopic (exact) mass is 450 g/mol. The molecule has 4 aromatic rings. The molecule has 6 nitrogen and oxygen atoms in total. The standard InChI is InChI=1S/C23H23ClN6S/c1-12-13-4-6-14(7-5-13)20(12)27-19-10-17(18-3-2-8-31-18)26-23(28-19)21-16-9-15(24)11-25-22(16)30-29-21/h2-3,8-14,20H,4-7H2,1H3,(H,25,29,30)(H,26,27,28). The summed E-state index contributed by atoms with van der Waals surface area (Å²) >= 11 is 7.88. The molecule has 0 radical (unpaired) electrons. The van der Waals surface area contributed by atoms with Crippen LogP contribution in [-0.2, 0) is 0 Å². The Bertz CT molecular complexity index is 1230. The van der Waals surface area contributed by atoms with E-state index < -0.39 is 0 Å². The second kappa shape index (κ2) is 7.57. The Hall–Kier alpha value is -2.51. The number of hydrogen-bond donors (Lipinski definition) is 2. The summed E-state index contributed by atoms with van der Waals surface area (Å²) in [5.74, 6) is 3.68. The number of nitrogens with one attached hydrogen (secondary N) is 2. The van der Waals surface area contributed by atoms with E-state index in [4.69, 9.17) is 21.6 Å². The third kappa shape index (κ3) is 3.40. The van der Waals surface area contributed by atoms with E-state index in [1.54, 1.807) is 17.5 Å². The first-order chi connectivity index (χ1) is 15.2. The van der Waals surface area contributed by atoms with Gasteiger partial charge in [-0.1, -0.05) is 24.6 Å². The number of aromatic nitrogens is 5. The van der Waals surface area contributed by atoms with Gasteiger partial charge in [0.2, 0.25) is 0 Å². The fourth-order valence-corrected chi connectivity index (χ4v) is 6.24. The minimum absolute atomic E-state index is 0.459. The lowest BCUT2D eigenvalue weighted by Crippen LogP contribution is -2.47. The van der Waals surface area contributed by atoms with Crippen LogP contribution in [0.25, 0.3) is 33.1 Å². The Morgan fingerprint density at radius 1 is 1.13 bits per heavy atom. The second-order valence-electron chi connectivity index (χ2n) is 8.77. The van der Waals surface area contributed by atoms with Gasteiger partial charge in [-0.2, -0.15) is 5.10 Å². The summed E-state index contributed by atoms with van der Waals surface area (Å²) in [6, 6.07) is 8.54. The van der Waals surface area contributed by atoms with Crippen molar-refractivity contribution in [2.24, 2.45) is 17.8 Å². The van der Waals surface area contributed by atoms with Crippen molar-refractivity contribution in [3.63, 3.8) is 0 Å². The van der Waals surface area contributed by atoms with E-state index in [1.165, 1.54) is 25.7 Å². The summed E-state index contributed by atoms with van der Waals surface area (Å²) in [4.78, 5) is 15.2. The van der Waals surface area contributed by atoms with Gasteiger partial charge >= 0.3 is 0 Å². The topological polar surface area (TPSA) is 79.4 Å². The predicted octanol–water partition coefficient (Wildman–Crippen LogP) is 6.03. The Kier molecular flexibility index (Phi) is 4.69. The Morgan fingerprint density at radius 3 is 2.74 bits per heavy atom. The van der Waals surface area contributed by atoms with Crippen LogP contribution in [0.2, 0.25) is 5.02 Å². The number of fused-ring (bicyclic) bond motifs is 4. The first kappa shape index (κ1) is 19.2. The average Bonchev–Trinajstić information content (AvgIpc) is 3.46. The van der Waals surface area contributed by atoms with Crippen molar-refractivity contribution >= 4 is 39.8 Å². The summed E-state index contributed by atoms with van der Waals surface area (Å²) in [6.45, 7) is 2.39. The van der Waals surface area contributed by atoms with Gasteiger partial charge in [-0.05, 0) is 60.9 Å². The zero-order valence-electron chi connectivity index (χ0n) is 17.2. The molecule has 2 bridgehead atoms. The number of pyridine rings is 1. The molecule has 4 aromatic heterocycles. The number of H-pyrrole nitrogens is 1. The fourth-order valence-electron chi connectivity index (χ4n) is 5.40. The molecule has 0 amide bonds. The number of halogens is 1. The second-order valence-corrected chi connectivity index (χ2v) is 10.2. The average molecular weight is 451 g/mol. The first-order valence-corrected chi connectivity index (χ1v) is 12.1. The van der Waals surface area contributed by atoms with Crippen LogP contribution in [0.5, 0.6) is 0 Å². The van der Waals surface area contributed by atoms with Crippen LogP contribution in [0.1, 0.15) is 32.6 Å². The van der Waals surface area contributed by atoms with Gasteiger partial charge in [0.15, 0.2) is 11.5 Å². The Balaban J connectivity index is 1.44. The summed E-state index contributed by atoms with van der Waals surface area (Å²) in [6.07, 6.45) is 6.97. The maximum atomic E-state index is 6.20. The quantitative estimate of drug-likeness (QED) is 0.396. The predicted molar refractivity (Wildman–Crippen MR) is 125 cm³/mol. The number of nitrogens with zero attached hydrogens (tertiary/aromatic N) is 4. The molecule has 3 saturated carbocycles. The van der Waals surface area contributed by atoms with Gasteiger partial charge in [0.25, 0.3) is 0 Å². The smallest absolute Gasteiger partial charge is 0.181 e. The van der Waals surface area contributed by atoms with Crippen molar-refractivity contribution in [3.05, 3.63) is 40.9 Å². The van der Waals surface area contributed by atoms with Crippen LogP contribution >= 0.6 is 22.9 Å². The lowest BCUT2D eigenvalue weighted by Gasteiger charge is -2.47. The van der Waals surface area contributed by atoms with Crippen molar-refractivity contribution in [3.8, 4) is 22.1 Å². The number of thiophene rings is 1. The molecule has 2 atom stereocenters. The van der Waals surface area contributed by atoms with Gasteiger partial charge in [-0.15, -0.1) is 11.3 Å². The number of anilines is 1. The Morgan fingerprint density at radius 2 is 1.97 bits per heavy atom. The van der Waals surface area contributed by atoms with E-state index in [0.29, 0.717) is 28.5 Å². The van der Waals surface area contributed by atoms with Crippen LogP contribution < -0.4 is 5.32 Å². The summed E-state index contributed by atoms with van der Waals surface area (Å²) in [7, 11) is 0. The molecule has 0 spiro atoms. The van der Waals surface area contributed by atoms with Gasteiger partial charge in [-0.25, -0.2) is 15.0 Å². The van der Waals surface area contributed by atoms with Gasteiger partial charge in [0.05, 0.1) is 21.0 Å². The molecule has 2 N–H and O–H groups in total. The zero-order valence-corrected chi connectivity index (χ0v) is 18.7. The van der Waals surface area contributed by atoms with Gasteiger partial charge in [0.1, 0.15) is 11.5 Å². The molecular formula is C23H23ClN6S. The molecule has 0 aromatic carbocycles. The molecule has 158 valence electrons. The van der Waals surface area contributed by atoms with E-state index in [9.17, 15) is 0 Å². The maximum absolute atomic E-state index is 6.20. The van der Waals surface area contributed by atoms with Crippen LogP contribution in [0.15, 0.2) is 35.8 Å². The number of hydrogen-bond acceptors (Lipinski definition) is 6. The normalized spacial score (nSPS) is 25.2. The fraction of sp³-hybridized carbons (Fsp3) is 0.391. The SMILES string of the molecule is CC1C2CCC(CC2)C1Nc1cc(-c2cccs2)nc(-c2[nH]nc3ncc(Cl)cc23)n1. The van der Waals surface area contributed by atoms with Crippen LogP contribution in [0, 0.1) is 17.8 Å². The first-order valence-electron chi connectivity index (χ1n) is 10.8. The summed E-state index contributed by atoms with van der Waals surface area (Å²) in [5, 5.41) is 14.7. The van der Waals surface area contributed by atoms with Gasteiger partial charge < -0.3 is 5.32 Å². The van der Waals surface area contributed by atoms with Crippen LogP contribution in [-0.4, -0.2) is 31.2 Å². The molecule has 0 aliphatic heterocycles. The zero-order chi connectivity index (χ0) is 20.9. The molecule has 7 rings (SSSR count). The van der Waals surface area contributed by atoms with E-state index in [2.05, 4.69) is 44.9 Å². The van der Waals surface area contributed by atoms with Gasteiger partial charge in [0, 0.05) is 18.3 Å². The van der Waals surface area contributed by atoms with E-state index in [1.807, 2.05) is 12.1 Å². The molecule has 4 heterocycles. The third-order valence-electron chi connectivity index (χ3n) is 7.05. The molecule has 31 heavy (non-hydrogen) atoms. The minimum atomic E-state index is 0.459. The summed E-state index contributed by atoms with van der Waals surface area (Å²) in [5.41, 5.74) is 2.26.